The third kappa shape index (κ3) is 44.8. The first-order chi connectivity index (χ1) is 28.2. The van der Waals surface area contributed by atoms with Crippen molar-refractivity contribution in [1.82, 2.24) is 0 Å². The molecule has 2 atom stereocenters. The molecule has 2 unspecified atom stereocenters. The third-order valence-electron chi connectivity index (χ3n) is 10.3. The van der Waals surface area contributed by atoms with Crippen molar-refractivity contribution in [1.29, 1.82) is 0 Å². The van der Waals surface area contributed by atoms with Crippen LogP contribution in [-0.2, 0) is 23.8 Å². The van der Waals surface area contributed by atoms with Crippen LogP contribution in [0.4, 0.5) is 0 Å². The molecule has 1 N–H and O–H groups in total. The summed E-state index contributed by atoms with van der Waals surface area (Å²) in [5.74, 6) is -1.86. The van der Waals surface area contributed by atoms with Crippen LogP contribution in [-0.4, -0.2) is 81.4 Å². The van der Waals surface area contributed by atoms with Crippen LogP contribution < -0.4 is 5.11 Å². The van der Waals surface area contributed by atoms with Gasteiger partial charge >= 0.3 is 5.97 Å². The standard InChI is InChI=1S/C50H91NO7/c1-5-6-7-8-9-10-11-12-13-14-15-16-17-18-19-20-21-22-23-24-25-26-27-28-29-30-31-32-33-34-35-36-37-38-39-40-41-42-48(53)57-45-47(52)46-58-50(49(54)55)56-44-43-51(2,3)4/h6-7,9-10,12-13,15-16,47,50,52H,5,8,11,14,17-46H2,1-4H3/b7-6-,10-9-,13-12-,16-15-. The van der Waals surface area contributed by atoms with Gasteiger partial charge in [-0.3, -0.25) is 4.79 Å². The quantitative estimate of drug-likeness (QED) is 0.0215. The van der Waals surface area contributed by atoms with Gasteiger partial charge in [0.1, 0.15) is 19.3 Å². The molecule has 0 spiro atoms. The Hall–Kier alpha value is -2.26. The molecule has 0 heterocycles. The Balaban J connectivity index is 3.37. The SMILES string of the molecule is CC/C=C\C/C=C\C/C=C\C/C=C\CCCCCCCCCCCCCCCCCCCCCCCCCCC(=O)OCC(O)COC(OCC[N+](C)(C)C)C(=O)[O-]. The number of hydrogen-bond acceptors (Lipinski definition) is 7. The number of carboxylic acids is 1. The molecule has 0 aromatic carbocycles. The van der Waals surface area contributed by atoms with E-state index in [1.807, 2.05) is 21.1 Å². The third-order valence-corrected chi connectivity index (χ3v) is 10.3. The zero-order valence-corrected chi connectivity index (χ0v) is 38.2. The lowest BCUT2D eigenvalue weighted by Gasteiger charge is -2.26. The minimum atomic E-state index is -1.57. The number of aliphatic hydroxyl groups is 1. The number of aliphatic hydroxyl groups excluding tert-OH is 1. The Morgan fingerprint density at radius 1 is 0.534 bits per heavy atom. The fraction of sp³-hybridized carbons (Fsp3) is 0.800. The van der Waals surface area contributed by atoms with Crippen LogP contribution in [0.3, 0.4) is 0 Å². The van der Waals surface area contributed by atoms with Gasteiger partial charge in [0.25, 0.3) is 0 Å². The Morgan fingerprint density at radius 2 is 0.914 bits per heavy atom. The van der Waals surface area contributed by atoms with Crippen molar-refractivity contribution in [3.63, 3.8) is 0 Å². The first kappa shape index (κ1) is 55.7. The van der Waals surface area contributed by atoms with Crippen LogP contribution in [0.5, 0.6) is 0 Å². The van der Waals surface area contributed by atoms with Gasteiger partial charge in [-0.05, 0) is 44.9 Å². The van der Waals surface area contributed by atoms with E-state index in [9.17, 15) is 19.8 Å². The summed E-state index contributed by atoms with van der Waals surface area (Å²) in [7, 11) is 5.88. The number of quaternary nitrogens is 1. The lowest BCUT2D eigenvalue weighted by atomic mass is 10.0. The predicted octanol–water partition coefficient (Wildman–Crippen LogP) is 11.7. The Bertz CT molecular complexity index is 1030. The van der Waals surface area contributed by atoms with Crippen molar-refractivity contribution in [3.05, 3.63) is 48.6 Å². The van der Waals surface area contributed by atoms with Crippen molar-refractivity contribution < 1.29 is 38.5 Å². The summed E-state index contributed by atoms with van der Waals surface area (Å²) in [5.41, 5.74) is 0. The van der Waals surface area contributed by atoms with E-state index in [2.05, 4.69) is 55.5 Å². The van der Waals surface area contributed by atoms with Crippen molar-refractivity contribution in [3.8, 4) is 0 Å². The average molecular weight is 818 g/mol. The van der Waals surface area contributed by atoms with Gasteiger partial charge in [-0.25, -0.2) is 0 Å². The van der Waals surface area contributed by atoms with Crippen molar-refractivity contribution in [2.24, 2.45) is 0 Å². The second-order valence-electron chi connectivity index (χ2n) is 17.2. The molecule has 0 aliphatic rings. The van der Waals surface area contributed by atoms with Gasteiger partial charge in [-0.1, -0.05) is 197 Å². The van der Waals surface area contributed by atoms with Crippen LogP contribution in [0, 0.1) is 0 Å². The van der Waals surface area contributed by atoms with Gasteiger partial charge in [0.15, 0.2) is 6.29 Å². The fourth-order valence-corrected chi connectivity index (χ4v) is 6.64. The van der Waals surface area contributed by atoms with Crippen molar-refractivity contribution in [2.75, 3.05) is 47.5 Å². The number of carbonyl (C=O) groups is 2. The number of unbranched alkanes of at least 4 members (excludes halogenated alkanes) is 24. The van der Waals surface area contributed by atoms with Crippen molar-refractivity contribution in [2.45, 2.75) is 212 Å². The highest BCUT2D eigenvalue weighted by Crippen LogP contribution is 2.16. The van der Waals surface area contributed by atoms with E-state index in [0.717, 1.165) is 44.9 Å². The molecule has 0 bridgehead atoms. The Kier molecular flexibility index (Phi) is 41.2. The van der Waals surface area contributed by atoms with Gasteiger partial charge in [-0.15, -0.1) is 0 Å². The second-order valence-corrected chi connectivity index (χ2v) is 17.2. The number of rotatable bonds is 44. The van der Waals surface area contributed by atoms with E-state index in [1.54, 1.807) is 0 Å². The molecule has 338 valence electrons. The number of carbonyl (C=O) groups excluding carboxylic acids is 2. The smallest absolute Gasteiger partial charge is 0.305 e. The first-order valence-electron chi connectivity index (χ1n) is 23.8. The Morgan fingerprint density at radius 3 is 1.31 bits per heavy atom. The van der Waals surface area contributed by atoms with Gasteiger partial charge in [0.05, 0.1) is 40.3 Å². The van der Waals surface area contributed by atoms with Crippen LogP contribution >= 0.6 is 0 Å². The zero-order chi connectivity index (χ0) is 42.6. The Labute approximate surface area is 357 Å². The van der Waals surface area contributed by atoms with Crippen LogP contribution in [0.1, 0.15) is 200 Å². The van der Waals surface area contributed by atoms with Gasteiger partial charge in [0, 0.05) is 6.42 Å². The molecule has 0 saturated carbocycles. The van der Waals surface area contributed by atoms with Gasteiger partial charge < -0.3 is 33.7 Å². The number of likely N-dealkylation sites (N-methyl/N-ethyl adjacent to an activating group) is 1. The summed E-state index contributed by atoms with van der Waals surface area (Å²) >= 11 is 0. The number of ether oxygens (including phenoxy) is 3. The maximum Gasteiger partial charge on any atom is 0.305 e. The molecule has 58 heavy (non-hydrogen) atoms. The summed E-state index contributed by atoms with van der Waals surface area (Å²) in [4.78, 5) is 23.2. The molecule has 8 nitrogen and oxygen atoms in total. The summed E-state index contributed by atoms with van der Waals surface area (Å²) in [6.07, 6.45) is 53.1. The molecule has 0 amide bonds. The molecule has 8 heteroatoms. The summed E-state index contributed by atoms with van der Waals surface area (Å²) in [5, 5.41) is 21.2. The molecule has 0 aliphatic heterocycles. The minimum Gasteiger partial charge on any atom is -0.545 e. The molecule has 0 fully saturated rings. The number of aliphatic carboxylic acids is 1. The normalized spacial score (nSPS) is 13.5. The summed E-state index contributed by atoms with van der Waals surface area (Å²) < 4.78 is 16.0. The topological polar surface area (TPSA) is 105 Å². The largest absolute Gasteiger partial charge is 0.545 e. The average Bonchev–Trinajstić information content (AvgIpc) is 3.19. The molecule has 0 rings (SSSR count). The highest BCUT2D eigenvalue weighted by atomic mass is 16.7. The molecule has 0 aliphatic carbocycles. The van der Waals surface area contributed by atoms with Gasteiger partial charge in [-0.2, -0.15) is 0 Å². The molecule has 0 aromatic rings. The number of esters is 1. The van der Waals surface area contributed by atoms with Gasteiger partial charge in [0.2, 0.25) is 0 Å². The number of hydrogen-bond donors (Lipinski definition) is 1. The predicted molar refractivity (Wildman–Crippen MR) is 241 cm³/mol. The molecular formula is C50H91NO7. The van der Waals surface area contributed by atoms with E-state index < -0.39 is 18.4 Å². The summed E-state index contributed by atoms with van der Waals surface area (Å²) in [6, 6.07) is 0. The van der Waals surface area contributed by atoms with Crippen LogP contribution in [0.2, 0.25) is 0 Å². The maximum atomic E-state index is 12.0. The lowest BCUT2D eigenvalue weighted by molar-refractivity contribution is -0.870. The highest BCUT2D eigenvalue weighted by molar-refractivity contribution is 5.69. The number of nitrogens with zero attached hydrogens (tertiary/aromatic N) is 1. The lowest BCUT2D eigenvalue weighted by Crippen LogP contribution is -2.44. The summed E-state index contributed by atoms with van der Waals surface area (Å²) in [6.45, 7) is 2.36. The number of carboxylic acid groups (broad SMARTS) is 1. The van der Waals surface area contributed by atoms with E-state index in [4.69, 9.17) is 14.2 Å². The van der Waals surface area contributed by atoms with E-state index in [1.165, 1.54) is 141 Å². The van der Waals surface area contributed by atoms with E-state index in [0.29, 0.717) is 17.4 Å². The van der Waals surface area contributed by atoms with Crippen molar-refractivity contribution >= 4 is 11.9 Å². The fourth-order valence-electron chi connectivity index (χ4n) is 6.64. The van der Waals surface area contributed by atoms with Crippen LogP contribution in [0.25, 0.3) is 0 Å². The maximum absolute atomic E-state index is 12.0. The number of allylic oxidation sites excluding steroid dienone is 8. The zero-order valence-electron chi connectivity index (χ0n) is 38.2. The highest BCUT2D eigenvalue weighted by Gasteiger charge is 2.17. The monoisotopic (exact) mass is 818 g/mol. The molecule has 0 saturated heterocycles. The van der Waals surface area contributed by atoms with Crippen LogP contribution in [0.15, 0.2) is 48.6 Å². The minimum absolute atomic E-state index is 0.171. The molecular weight excluding hydrogens is 727 g/mol. The van der Waals surface area contributed by atoms with E-state index in [-0.39, 0.29) is 25.8 Å². The van der Waals surface area contributed by atoms with E-state index >= 15 is 0 Å². The molecule has 0 aromatic heterocycles. The molecule has 0 radical (unpaired) electrons. The first-order valence-corrected chi connectivity index (χ1v) is 23.8. The second kappa shape index (κ2) is 42.8.